The summed E-state index contributed by atoms with van der Waals surface area (Å²) >= 11 is 0. The molecule has 0 spiro atoms. The van der Waals surface area contributed by atoms with Crippen LogP contribution < -0.4 is 84.9 Å². The molecule has 2 heterocycles. The van der Waals surface area contributed by atoms with Crippen LogP contribution in [0.25, 0.3) is 0 Å². The largest absolute Gasteiger partial charge is 1.00 e. The summed E-state index contributed by atoms with van der Waals surface area (Å²) in [6.45, 7) is 1.10. The molecule has 17 heteroatoms. The Morgan fingerprint density at radius 1 is 1.28 bits per heavy atom. The number of hydrogen-bond acceptors (Lipinski definition) is 10. The Morgan fingerprint density at radius 2 is 1.94 bits per heavy atom. The van der Waals surface area contributed by atoms with E-state index >= 15 is 0 Å². The quantitative estimate of drug-likeness (QED) is 0.0942. The predicted molar refractivity (Wildman–Crippen MR) is 117 cm³/mol. The minimum absolute atomic E-state index is 0. The Bertz CT molecular complexity index is 1160. The van der Waals surface area contributed by atoms with Crippen LogP contribution in [0.2, 0.25) is 0 Å². The van der Waals surface area contributed by atoms with Crippen molar-refractivity contribution < 1.29 is 96.3 Å². The number of aliphatic hydroxyl groups excluding tert-OH is 1. The molecule has 2 rings (SSSR count). The maximum atomic E-state index is 12.2. The number of ether oxygens (including phenoxy) is 1. The molecule has 1 saturated heterocycles. The van der Waals surface area contributed by atoms with E-state index in [-0.39, 0.29) is 83.4 Å². The molecule has 1 aliphatic heterocycles. The molecule has 0 amide bonds. The number of rotatable bonds is 12. The molecule has 3 N–H and O–H groups in total. The van der Waals surface area contributed by atoms with Gasteiger partial charge >= 0.3 is 64.8 Å². The average molecular weight is 567 g/mol. The average Bonchev–Trinajstić information content (AvgIpc) is 3.10. The van der Waals surface area contributed by atoms with E-state index in [1.54, 1.807) is 0 Å². The molecule has 1 fully saturated rings. The number of nitrogens with one attached hydrogen (secondary N) is 2. The fourth-order valence-corrected chi connectivity index (χ4v) is 4.59. The second kappa shape index (κ2) is 17.0. The fraction of sp³-hybridized carbons (Fsp3) is 0.684. The summed E-state index contributed by atoms with van der Waals surface area (Å²) in [6, 6.07) is 0. The van der Waals surface area contributed by atoms with Crippen LogP contribution in [0.5, 0.6) is 0 Å². The standard InChI is InChI=1S/C19H30N3O10PS.2Na/c1-2-3-4-5-6-10-34(29,30)20-9-7-8-14-12-22(19(25)21-18(14)24)17-11-15(23)16(32-17)13-31-33(26,27)28;;/h12,15-17,20,23H,2-6,9-11,13H2,1H3,(H,21,24,25)(H2,26,27,28);;/q;2*+1/p-2/t15-,16+,17+;;/m0../s1. The van der Waals surface area contributed by atoms with Gasteiger partial charge in [-0.25, -0.2) is 17.9 Å². The van der Waals surface area contributed by atoms with Crippen molar-refractivity contribution in [2.75, 3.05) is 18.9 Å². The van der Waals surface area contributed by atoms with Crippen molar-refractivity contribution in [3.05, 3.63) is 32.6 Å². The molecule has 0 bridgehead atoms. The van der Waals surface area contributed by atoms with Gasteiger partial charge in [0.2, 0.25) is 10.0 Å². The number of phosphoric ester groups is 1. The minimum atomic E-state index is -5.27. The summed E-state index contributed by atoms with van der Waals surface area (Å²) in [6.07, 6.45) is 1.86. The number of nitrogens with zero attached hydrogens (tertiary/aromatic N) is 1. The van der Waals surface area contributed by atoms with Crippen LogP contribution in [0, 0.1) is 11.8 Å². The Morgan fingerprint density at radius 3 is 2.58 bits per heavy atom. The van der Waals surface area contributed by atoms with Gasteiger partial charge in [-0.3, -0.25) is 14.3 Å². The number of aliphatic hydroxyl groups is 1. The van der Waals surface area contributed by atoms with Crippen molar-refractivity contribution in [1.29, 1.82) is 0 Å². The molecular formula is C19H28N3Na2O10PS. The zero-order chi connectivity index (χ0) is 25.4. The van der Waals surface area contributed by atoms with Crippen molar-refractivity contribution in [3.8, 4) is 11.8 Å². The van der Waals surface area contributed by atoms with Gasteiger partial charge in [0.05, 0.1) is 32.8 Å². The number of hydrogen-bond donors (Lipinski definition) is 3. The third-order valence-electron chi connectivity index (χ3n) is 5.00. The van der Waals surface area contributed by atoms with Crippen molar-refractivity contribution in [2.45, 2.75) is 63.9 Å². The summed E-state index contributed by atoms with van der Waals surface area (Å²) in [5.74, 6) is 4.98. The third kappa shape index (κ3) is 12.8. The predicted octanol–water partition coefficient (Wildman–Crippen LogP) is -7.72. The molecule has 0 saturated carbocycles. The molecule has 0 radical (unpaired) electrons. The molecule has 0 unspecified atom stereocenters. The molecular weight excluding hydrogens is 539 g/mol. The van der Waals surface area contributed by atoms with Gasteiger partial charge in [0.15, 0.2) is 0 Å². The molecule has 1 aliphatic rings. The molecule has 0 aliphatic carbocycles. The number of aromatic amines is 1. The number of H-pyrrole nitrogens is 1. The van der Waals surface area contributed by atoms with Crippen molar-refractivity contribution in [2.24, 2.45) is 0 Å². The topological polar surface area (TPSA) is 203 Å². The van der Waals surface area contributed by atoms with Crippen LogP contribution in [-0.4, -0.2) is 54.2 Å². The first-order chi connectivity index (χ1) is 15.9. The Hall–Kier alpha value is 0.180. The SMILES string of the molecule is CCCCCCCS(=O)(=O)NCC#Cc1cn([C@H]2C[C@H](O)[C@@H](COP(=O)([O-])[O-])O2)c(=O)[nH]c1=O.[Na+].[Na+]. The van der Waals surface area contributed by atoms with Gasteiger partial charge in [0.25, 0.3) is 5.56 Å². The first-order valence-corrected chi connectivity index (χ1v) is 13.8. The second-order valence-corrected chi connectivity index (χ2v) is 10.8. The van der Waals surface area contributed by atoms with E-state index in [0.29, 0.717) is 6.42 Å². The Labute approximate surface area is 253 Å². The van der Waals surface area contributed by atoms with E-state index in [9.17, 15) is 37.5 Å². The molecule has 36 heavy (non-hydrogen) atoms. The maximum Gasteiger partial charge on any atom is 1.00 e. The van der Waals surface area contributed by atoms with Gasteiger partial charge < -0.3 is 28.7 Å². The van der Waals surface area contributed by atoms with Crippen LogP contribution >= 0.6 is 7.82 Å². The van der Waals surface area contributed by atoms with Gasteiger partial charge in [-0.15, -0.1) is 0 Å². The summed E-state index contributed by atoms with van der Waals surface area (Å²) in [5, 5.41) is 10.0. The smallest absolute Gasteiger partial charge is 0.790 e. The number of unbranched alkanes of at least 4 members (excludes halogenated alkanes) is 4. The Balaban J connectivity index is 0.00000612. The number of phosphoric acid groups is 1. The van der Waals surface area contributed by atoms with E-state index in [2.05, 4.69) is 28.0 Å². The first kappa shape index (κ1) is 36.2. The molecule has 13 nitrogen and oxygen atoms in total. The number of sulfonamides is 1. The fourth-order valence-electron chi connectivity index (χ4n) is 3.24. The molecule has 3 atom stereocenters. The molecule has 1 aromatic rings. The van der Waals surface area contributed by atoms with Crippen LogP contribution in [0.3, 0.4) is 0 Å². The van der Waals surface area contributed by atoms with Crippen LogP contribution in [0.1, 0.15) is 57.2 Å². The normalized spacial score (nSPS) is 19.6. The van der Waals surface area contributed by atoms with Crippen molar-refractivity contribution >= 4 is 17.8 Å². The summed E-state index contributed by atoms with van der Waals surface area (Å²) in [4.78, 5) is 47.5. The summed E-state index contributed by atoms with van der Waals surface area (Å²) in [7, 11) is -8.78. The zero-order valence-corrected chi connectivity index (χ0v) is 26.3. The van der Waals surface area contributed by atoms with Crippen molar-refractivity contribution in [1.82, 2.24) is 14.3 Å². The van der Waals surface area contributed by atoms with Gasteiger partial charge in [-0.05, 0) is 6.42 Å². The molecule has 0 aromatic carbocycles. The van der Waals surface area contributed by atoms with Crippen molar-refractivity contribution in [3.63, 3.8) is 0 Å². The monoisotopic (exact) mass is 567 g/mol. The van der Waals surface area contributed by atoms with Gasteiger partial charge in [0, 0.05) is 12.6 Å². The van der Waals surface area contributed by atoms with Crippen LogP contribution in [-0.2, 0) is 23.8 Å². The van der Waals surface area contributed by atoms with E-state index in [4.69, 9.17) is 4.74 Å². The summed E-state index contributed by atoms with van der Waals surface area (Å²) in [5.41, 5.74) is -1.82. The van der Waals surface area contributed by atoms with Gasteiger partial charge in [0.1, 0.15) is 17.9 Å². The van der Waals surface area contributed by atoms with E-state index < -0.39 is 54.1 Å². The minimum Gasteiger partial charge on any atom is -0.790 e. The van der Waals surface area contributed by atoms with E-state index in [1.165, 1.54) is 0 Å². The summed E-state index contributed by atoms with van der Waals surface area (Å²) < 4.78 is 47.4. The van der Waals surface area contributed by atoms with Gasteiger partial charge in [-0.2, -0.15) is 0 Å². The second-order valence-electron chi connectivity index (χ2n) is 7.74. The maximum absolute atomic E-state index is 12.2. The molecule has 192 valence electrons. The number of aromatic nitrogens is 2. The van der Waals surface area contributed by atoms with E-state index in [0.717, 1.165) is 36.4 Å². The van der Waals surface area contributed by atoms with E-state index in [1.807, 2.05) is 4.98 Å². The van der Waals surface area contributed by atoms with Crippen LogP contribution in [0.4, 0.5) is 0 Å². The molecule has 1 aromatic heterocycles. The third-order valence-corrected chi connectivity index (χ3v) is 6.87. The Kier molecular flexibility index (Phi) is 17.1. The van der Waals surface area contributed by atoms with Gasteiger partial charge in [-0.1, -0.05) is 44.4 Å². The first-order valence-electron chi connectivity index (χ1n) is 10.7. The zero-order valence-electron chi connectivity index (χ0n) is 20.6. The van der Waals surface area contributed by atoms with Crippen LogP contribution in [0.15, 0.2) is 15.8 Å².